The number of halogens is 3. The molecule has 0 aliphatic carbocycles. The number of benzene rings is 3. The molecule has 0 aliphatic heterocycles. The van der Waals surface area contributed by atoms with Gasteiger partial charge in [-0.3, -0.25) is 0 Å². The zero-order valence-electron chi connectivity index (χ0n) is 12.8. The van der Waals surface area contributed by atoms with Crippen LogP contribution in [0.3, 0.4) is 0 Å². The third-order valence-electron chi connectivity index (χ3n) is 3.92. The molecule has 0 saturated heterocycles. The largest absolute Gasteiger partial charge is 0.573 e. The van der Waals surface area contributed by atoms with E-state index in [1.807, 2.05) is 18.2 Å². The average molecular weight is 318 g/mol. The molecule has 0 spiro atoms. The van der Waals surface area contributed by atoms with E-state index >= 15 is 0 Å². The van der Waals surface area contributed by atoms with Gasteiger partial charge >= 0.3 is 6.36 Å². The Labute approximate surface area is 132 Å². The molecule has 0 saturated carbocycles. The Hall–Kier alpha value is -2.23. The van der Waals surface area contributed by atoms with Crippen LogP contribution in [-0.4, -0.2) is 6.36 Å². The van der Waals surface area contributed by atoms with E-state index in [2.05, 4.69) is 23.8 Å². The lowest BCUT2D eigenvalue weighted by Crippen LogP contribution is -2.16. The summed E-state index contributed by atoms with van der Waals surface area (Å²) in [6.07, 6.45) is -1.32. The van der Waals surface area contributed by atoms with E-state index in [1.54, 1.807) is 6.07 Å². The average Bonchev–Trinajstić information content (AvgIpc) is 2.50. The van der Waals surface area contributed by atoms with Gasteiger partial charge in [0.1, 0.15) is 5.75 Å². The Kier molecular flexibility index (Phi) is 4.16. The van der Waals surface area contributed by atoms with Gasteiger partial charge in [0.25, 0.3) is 0 Å². The summed E-state index contributed by atoms with van der Waals surface area (Å²) in [5.74, 6) is -0.191. The number of hydrogen-bond donors (Lipinski definition) is 0. The van der Waals surface area contributed by atoms with Crippen molar-refractivity contribution in [3.63, 3.8) is 0 Å². The lowest BCUT2D eigenvalue weighted by atomic mass is 9.98. The van der Waals surface area contributed by atoms with Crippen LogP contribution in [0.2, 0.25) is 0 Å². The maximum Gasteiger partial charge on any atom is 0.573 e. The molecule has 4 heteroatoms. The summed E-state index contributed by atoms with van der Waals surface area (Å²) >= 11 is 0. The first kappa shape index (κ1) is 15.7. The van der Waals surface area contributed by atoms with E-state index in [0.29, 0.717) is 0 Å². The molecule has 0 aliphatic rings. The zero-order chi connectivity index (χ0) is 16.4. The highest BCUT2D eigenvalue weighted by Gasteiger charge is 2.31. The van der Waals surface area contributed by atoms with Gasteiger partial charge in [-0.05, 0) is 52.1 Å². The fourth-order valence-corrected chi connectivity index (χ4v) is 2.83. The van der Waals surface area contributed by atoms with Crippen molar-refractivity contribution >= 4 is 21.5 Å². The van der Waals surface area contributed by atoms with Crippen molar-refractivity contribution in [2.24, 2.45) is 0 Å². The Morgan fingerprint density at radius 1 is 0.870 bits per heavy atom. The molecule has 120 valence electrons. The number of unbranched alkanes of at least 4 members (excludes halogenated alkanes) is 1. The number of alkyl halides is 3. The topological polar surface area (TPSA) is 9.23 Å². The van der Waals surface area contributed by atoms with Gasteiger partial charge in [-0.2, -0.15) is 0 Å². The summed E-state index contributed by atoms with van der Waals surface area (Å²) in [6, 6.07) is 14.6. The molecule has 3 aromatic rings. The molecular weight excluding hydrogens is 301 g/mol. The molecule has 0 unspecified atom stereocenters. The maximum absolute atomic E-state index is 12.3. The molecule has 23 heavy (non-hydrogen) atoms. The molecular formula is C19H17F3O. The molecule has 1 nitrogen and oxygen atoms in total. The van der Waals surface area contributed by atoms with Crippen LogP contribution >= 0.6 is 0 Å². The van der Waals surface area contributed by atoms with E-state index in [-0.39, 0.29) is 5.75 Å². The molecule has 0 heterocycles. The van der Waals surface area contributed by atoms with Crippen molar-refractivity contribution in [2.45, 2.75) is 32.5 Å². The van der Waals surface area contributed by atoms with E-state index in [9.17, 15) is 13.2 Å². The second-order valence-corrected chi connectivity index (χ2v) is 5.66. The quantitative estimate of drug-likeness (QED) is 0.518. The van der Waals surface area contributed by atoms with Gasteiger partial charge in [-0.1, -0.05) is 49.7 Å². The second-order valence-electron chi connectivity index (χ2n) is 5.66. The van der Waals surface area contributed by atoms with Crippen molar-refractivity contribution in [2.75, 3.05) is 0 Å². The molecule has 3 aromatic carbocycles. The molecule has 0 bridgehead atoms. The van der Waals surface area contributed by atoms with E-state index in [0.717, 1.165) is 40.8 Å². The number of hydrogen-bond acceptors (Lipinski definition) is 1. The van der Waals surface area contributed by atoms with Gasteiger partial charge in [-0.25, -0.2) is 0 Å². The summed E-state index contributed by atoms with van der Waals surface area (Å²) in [6.45, 7) is 2.16. The number of rotatable bonds is 4. The van der Waals surface area contributed by atoms with Crippen LogP contribution in [0.4, 0.5) is 13.2 Å². The Morgan fingerprint density at radius 2 is 1.52 bits per heavy atom. The van der Waals surface area contributed by atoms with E-state index in [1.165, 1.54) is 17.7 Å². The van der Waals surface area contributed by atoms with E-state index < -0.39 is 6.36 Å². The van der Waals surface area contributed by atoms with Crippen LogP contribution in [0.1, 0.15) is 25.3 Å². The van der Waals surface area contributed by atoms with Crippen LogP contribution in [0.5, 0.6) is 5.75 Å². The van der Waals surface area contributed by atoms with Crippen LogP contribution in [-0.2, 0) is 6.42 Å². The van der Waals surface area contributed by atoms with Crippen molar-refractivity contribution < 1.29 is 17.9 Å². The minimum Gasteiger partial charge on any atom is -0.406 e. The fourth-order valence-electron chi connectivity index (χ4n) is 2.83. The van der Waals surface area contributed by atoms with Crippen LogP contribution in [0.25, 0.3) is 21.5 Å². The highest BCUT2D eigenvalue weighted by Crippen LogP contribution is 2.31. The Balaban J connectivity index is 2.02. The standard InChI is InChI=1S/C19H17F3O/c1-2-3-4-13-5-9-17-14(11-13)6-7-15-12-16(8-10-18(15)17)23-19(20,21)22/h5-12H,2-4H2,1H3. The number of fused-ring (bicyclic) bond motifs is 3. The summed E-state index contributed by atoms with van der Waals surface area (Å²) in [5, 5.41) is 3.82. The van der Waals surface area contributed by atoms with Crippen LogP contribution < -0.4 is 4.74 Å². The minimum absolute atomic E-state index is 0.191. The maximum atomic E-state index is 12.3. The van der Waals surface area contributed by atoms with Crippen molar-refractivity contribution in [1.82, 2.24) is 0 Å². The third kappa shape index (κ3) is 3.58. The summed E-state index contributed by atoms with van der Waals surface area (Å²) in [5.41, 5.74) is 1.29. The molecule has 0 aromatic heterocycles. The van der Waals surface area contributed by atoms with Gasteiger partial charge in [0.2, 0.25) is 0 Å². The SMILES string of the molecule is CCCCc1ccc2c(ccc3cc(OC(F)(F)F)ccc32)c1. The molecule has 0 amide bonds. The first-order valence-corrected chi connectivity index (χ1v) is 7.67. The Bertz CT molecular complexity index is 837. The lowest BCUT2D eigenvalue weighted by molar-refractivity contribution is -0.274. The third-order valence-corrected chi connectivity index (χ3v) is 3.92. The van der Waals surface area contributed by atoms with Crippen molar-refractivity contribution in [1.29, 1.82) is 0 Å². The molecule has 3 rings (SSSR count). The first-order valence-electron chi connectivity index (χ1n) is 7.67. The molecule has 0 N–H and O–H groups in total. The molecule has 0 atom stereocenters. The van der Waals surface area contributed by atoms with Gasteiger partial charge < -0.3 is 4.74 Å². The lowest BCUT2D eigenvalue weighted by Gasteiger charge is -2.11. The summed E-state index contributed by atoms with van der Waals surface area (Å²) in [7, 11) is 0. The van der Waals surface area contributed by atoms with E-state index in [4.69, 9.17) is 0 Å². The molecule has 0 fully saturated rings. The predicted octanol–water partition coefficient (Wildman–Crippen LogP) is 6.23. The second kappa shape index (κ2) is 6.11. The van der Waals surface area contributed by atoms with Crippen LogP contribution in [0.15, 0.2) is 48.5 Å². The fraction of sp³-hybridized carbons (Fsp3) is 0.263. The molecule has 0 radical (unpaired) electrons. The highest BCUT2D eigenvalue weighted by atomic mass is 19.4. The predicted molar refractivity (Wildman–Crippen MR) is 86.7 cm³/mol. The van der Waals surface area contributed by atoms with Gasteiger partial charge in [-0.15, -0.1) is 13.2 Å². The van der Waals surface area contributed by atoms with Crippen molar-refractivity contribution in [3.05, 3.63) is 54.1 Å². The van der Waals surface area contributed by atoms with Crippen LogP contribution in [0, 0.1) is 0 Å². The first-order chi connectivity index (χ1) is 11.0. The van der Waals surface area contributed by atoms with Gasteiger partial charge in [0.15, 0.2) is 0 Å². The smallest absolute Gasteiger partial charge is 0.406 e. The summed E-state index contributed by atoms with van der Waals surface area (Å²) in [4.78, 5) is 0. The zero-order valence-corrected chi connectivity index (χ0v) is 12.8. The highest BCUT2D eigenvalue weighted by molar-refractivity contribution is 6.07. The number of aryl methyl sites for hydroxylation is 1. The normalized spacial score (nSPS) is 12.0. The minimum atomic E-state index is -4.67. The summed E-state index contributed by atoms with van der Waals surface area (Å²) < 4.78 is 40.9. The van der Waals surface area contributed by atoms with Crippen molar-refractivity contribution in [3.8, 4) is 5.75 Å². The van der Waals surface area contributed by atoms with Gasteiger partial charge in [0, 0.05) is 0 Å². The monoisotopic (exact) mass is 318 g/mol. The van der Waals surface area contributed by atoms with Gasteiger partial charge in [0.05, 0.1) is 0 Å². The Morgan fingerprint density at radius 3 is 2.17 bits per heavy atom. The number of ether oxygens (including phenoxy) is 1.